The molecule has 0 spiro atoms. The number of benzene rings is 1. The lowest BCUT2D eigenvalue weighted by molar-refractivity contribution is -0.124. The van der Waals surface area contributed by atoms with Crippen molar-refractivity contribution in [2.45, 2.75) is 38.8 Å². The Morgan fingerprint density at radius 3 is 2.90 bits per heavy atom. The highest BCUT2D eigenvalue weighted by Crippen LogP contribution is 2.21. The van der Waals surface area contributed by atoms with E-state index in [4.69, 9.17) is 0 Å². The van der Waals surface area contributed by atoms with Gasteiger partial charge >= 0.3 is 0 Å². The number of anilines is 1. The van der Waals surface area contributed by atoms with E-state index in [0.717, 1.165) is 11.8 Å². The van der Waals surface area contributed by atoms with Gasteiger partial charge in [-0.2, -0.15) is 10.2 Å². The van der Waals surface area contributed by atoms with E-state index in [1.165, 1.54) is 17.0 Å². The first kappa shape index (κ1) is 19.9. The zero-order chi connectivity index (χ0) is 21.4. The molecule has 8 nitrogen and oxygen atoms in total. The average molecular weight is 414 g/mol. The van der Waals surface area contributed by atoms with Crippen molar-refractivity contribution in [2.75, 3.05) is 11.9 Å². The summed E-state index contributed by atoms with van der Waals surface area (Å²) in [6.07, 6.45) is 0.549. The second kappa shape index (κ2) is 7.77. The summed E-state index contributed by atoms with van der Waals surface area (Å²) in [5, 5.41) is 14.9. The number of hydrogen-bond donors (Lipinski definition) is 1. The number of nitrogens with zero attached hydrogens (tertiary/aromatic N) is 5. The number of carbonyl (C=O) groups excluding carboxylic acids is 2. The van der Waals surface area contributed by atoms with Crippen LogP contribution in [0.3, 0.4) is 0 Å². The first-order valence-electron chi connectivity index (χ1n) is 9.51. The minimum atomic E-state index is -0.934. The lowest BCUT2D eigenvalue weighted by atomic mass is 10.0. The minimum Gasteiger partial charge on any atom is -0.339 e. The molecule has 1 atom stereocenters. The molecular weight excluding hydrogens is 394 g/mol. The molecule has 156 valence electrons. The van der Waals surface area contributed by atoms with Gasteiger partial charge in [0.1, 0.15) is 17.6 Å². The quantitative estimate of drug-likeness (QED) is 0.827. The topological polar surface area (TPSA) is 92.0 Å². The molecule has 0 radical (unpaired) electrons. The molecule has 3 heterocycles. The SMILES string of the molecule is Cc1cc2n(n1)CC[C@H](NC(=O)C1=NN=C(Cc3cccc(F)c3F)C1)C(=O)N2C. The van der Waals surface area contributed by atoms with Crippen LogP contribution in [0.25, 0.3) is 0 Å². The molecule has 0 saturated carbocycles. The van der Waals surface area contributed by atoms with Gasteiger partial charge in [0.05, 0.1) is 11.4 Å². The summed E-state index contributed by atoms with van der Waals surface area (Å²) in [5.74, 6) is -1.94. The molecule has 0 bridgehead atoms. The van der Waals surface area contributed by atoms with Crippen LogP contribution in [0, 0.1) is 18.6 Å². The zero-order valence-corrected chi connectivity index (χ0v) is 16.5. The van der Waals surface area contributed by atoms with Crippen LogP contribution in [0.4, 0.5) is 14.6 Å². The second-order valence-corrected chi connectivity index (χ2v) is 7.36. The summed E-state index contributed by atoms with van der Waals surface area (Å²) in [5.41, 5.74) is 1.54. The predicted octanol–water partition coefficient (Wildman–Crippen LogP) is 1.76. The van der Waals surface area contributed by atoms with E-state index in [2.05, 4.69) is 20.6 Å². The molecular formula is C20H20F2N6O2. The number of halogens is 2. The molecule has 0 unspecified atom stereocenters. The van der Waals surface area contributed by atoms with Crippen LogP contribution in [-0.4, -0.2) is 46.1 Å². The smallest absolute Gasteiger partial charge is 0.268 e. The van der Waals surface area contributed by atoms with Crippen molar-refractivity contribution in [3.05, 3.63) is 47.2 Å². The molecule has 10 heteroatoms. The molecule has 1 aromatic carbocycles. The van der Waals surface area contributed by atoms with E-state index in [-0.39, 0.29) is 30.0 Å². The number of likely N-dealkylation sites (N-methyl/N-ethyl adjacent to an activating group) is 1. The molecule has 0 aliphatic carbocycles. The number of rotatable bonds is 4. The number of nitrogens with one attached hydrogen (secondary N) is 1. The maximum absolute atomic E-state index is 13.9. The fraction of sp³-hybridized carbons (Fsp3) is 0.350. The Morgan fingerprint density at radius 1 is 1.30 bits per heavy atom. The van der Waals surface area contributed by atoms with Gasteiger partial charge < -0.3 is 5.32 Å². The fourth-order valence-electron chi connectivity index (χ4n) is 3.59. The Bertz CT molecular complexity index is 1090. The molecule has 2 amide bonds. The molecule has 0 fully saturated rings. The van der Waals surface area contributed by atoms with E-state index in [9.17, 15) is 18.4 Å². The Labute approximate surface area is 171 Å². The molecule has 30 heavy (non-hydrogen) atoms. The van der Waals surface area contributed by atoms with Crippen LogP contribution >= 0.6 is 0 Å². The predicted molar refractivity (Wildman–Crippen MR) is 106 cm³/mol. The van der Waals surface area contributed by atoms with E-state index in [0.29, 0.717) is 24.5 Å². The van der Waals surface area contributed by atoms with Gasteiger partial charge in [0.15, 0.2) is 11.6 Å². The maximum Gasteiger partial charge on any atom is 0.268 e. The van der Waals surface area contributed by atoms with Crippen molar-refractivity contribution in [1.82, 2.24) is 15.1 Å². The van der Waals surface area contributed by atoms with Crippen molar-refractivity contribution in [3.8, 4) is 0 Å². The summed E-state index contributed by atoms with van der Waals surface area (Å²) in [7, 11) is 1.64. The summed E-state index contributed by atoms with van der Waals surface area (Å²) in [6.45, 7) is 2.34. The Morgan fingerprint density at radius 2 is 2.10 bits per heavy atom. The number of aryl methyl sites for hydroxylation is 2. The van der Waals surface area contributed by atoms with E-state index in [1.807, 2.05) is 13.0 Å². The Hall–Kier alpha value is -3.43. The first-order chi connectivity index (χ1) is 14.3. The monoisotopic (exact) mass is 414 g/mol. The highest BCUT2D eigenvalue weighted by Gasteiger charge is 2.32. The van der Waals surface area contributed by atoms with Crippen LogP contribution in [0.15, 0.2) is 34.5 Å². The van der Waals surface area contributed by atoms with Crippen molar-refractivity contribution >= 4 is 29.1 Å². The van der Waals surface area contributed by atoms with Crippen LogP contribution in [0.1, 0.15) is 24.1 Å². The number of carbonyl (C=O) groups is 2. The lowest BCUT2D eigenvalue weighted by Crippen LogP contribution is -2.48. The van der Waals surface area contributed by atoms with Crippen LogP contribution in [0.5, 0.6) is 0 Å². The number of amides is 2. The normalized spacial score (nSPS) is 18.6. The standard InChI is InChI=1S/C20H20F2N6O2/c1-11-8-17-27(2)20(30)15(6-7-28(17)26-11)23-19(29)16-10-13(24-25-16)9-12-4-3-5-14(21)18(12)22/h3-5,8,15H,6-7,9-10H2,1-2H3,(H,23,29)/t15-/m0/s1. The second-order valence-electron chi connectivity index (χ2n) is 7.36. The molecule has 0 saturated heterocycles. The minimum absolute atomic E-state index is 0.0510. The first-order valence-corrected chi connectivity index (χ1v) is 9.51. The van der Waals surface area contributed by atoms with Crippen LogP contribution in [-0.2, 0) is 22.6 Å². The third-order valence-electron chi connectivity index (χ3n) is 5.16. The molecule has 4 rings (SSSR count). The van der Waals surface area contributed by atoms with Crippen molar-refractivity contribution in [2.24, 2.45) is 10.2 Å². The Kier molecular flexibility index (Phi) is 5.15. The van der Waals surface area contributed by atoms with Gasteiger partial charge in [0.2, 0.25) is 0 Å². The van der Waals surface area contributed by atoms with E-state index < -0.39 is 23.6 Å². The van der Waals surface area contributed by atoms with Gasteiger partial charge in [-0.15, -0.1) is 5.10 Å². The van der Waals surface area contributed by atoms with E-state index >= 15 is 0 Å². The van der Waals surface area contributed by atoms with Crippen molar-refractivity contribution in [3.63, 3.8) is 0 Å². The highest BCUT2D eigenvalue weighted by atomic mass is 19.2. The van der Waals surface area contributed by atoms with Gasteiger partial charge in [-0.1, -0.05) is 12.1 Å². The number of aromatic nitrogens is 2. The lowest BCUT2D eigenvalue weighted by Gasteiger charge is -2.20. The highest BCUT2D eigenvalue weighted by molar-refractivity contribution is 6.43. The van der Waals surface area contributed by atoms with Gasteiger partial charge in [0, 0.05) is 32.5 Å². The average Bonchev–Trinajstić information content (AvgIpc) is 3.31. The van der Waals surface area contributed by atoms with Gasteiger partial charge in [-0.3, -0.25) is 14.5 Å². The van der Waals surface area contributed by atoms with Gasteiger partial charge in [-0.25, -0.2) is 13.5 Å². The van der Waals surface area contributed by atoms with Crippen LogP contribution < -0.4 is 10.2 Å². The van der Waals surface area contributed by atoms with Gasteiger partial charge in [-0.05, 0) is 25.0 Å². The number of fused-ring (bicyclic) bond motifs is 1. The van der Waals surface area contributed by atoms with Crippen molar-refractivity contribution in [1.29, 1.82) is 0 Å². The summed E-state index contributed by atoms with van der Waals surface area (Å²) < 4.78 is 29.0. The molecule has 2 aromatic rings. The molecule has 1 N–H and O–H groups in total. The largest absolute Gasteiger partial charge is 0.339 e. The number of hydrogen-bond acceptors (Lipinski definition) is 5. The molecule has 1 aromatic heterocycles. The van der Waals surface area contributed by atoms with Crippen molar-refractivity contribution < 1.29 is 18.4 Å². The van der Waals surface area contributed by atoms with Crippen LogP contribution in [0.2, 0.25) is 0 Å². The summed E-state index contributed by atoms with van der Waals surface area (Å²) in [6, 6.07) is 5.01. The third-order valence-corrected chi connectivity index (χ3v) is 5.16. The molecule has 2 aliphatic rings. The summed E-state index contributed by atoms with van der Waals surface area (Å²) >= 11 is 0. The third kappa shape index (κ3) is 3.72. The van der Waals surface area contributed by atoms with E-state index in [1.54, 1.807) is 11.7 Å². The van der Waals surface area contributed by atoms with Gasteiger partial charge in [0.25, 0.3) is 11.8 Å². The summed E-state index contributed by atoms with van der Waals surface area (Å²) in [4.78, 5) is 26.9. The maximum atomic E-state index is 13.9. The fourth-order valence-corrected chi connectivity index (χ4v) is 3.59. The zero-order valence-electron chi connectivity index (χ0n) is 16.5. The Balaban J connectivity index is 1.38. The molecule has 2 aliphatic heterocycles.